The Balaban J connectivity index is 1.61. The van der Waals surface area contributed by atoms with Gasteiger partial charge in [-0.2, -0.15) is 0 Å². The van der Waals surface area contributed by atoms with Crippen molar-refractivity contribution in [2.24, 2.45) is 11.1 Å². The van der Waals surface area contributed by atoms with Gasteiger partial charge in [0, 0.05) is 35.5 Å². The lowest BCUT2D eigenvalue weighted by atomic mass is 9.97. The van der Waals surface area contributed by atoms with Crippen LogP contribution in [0, 0.1) is 17.6 Å². The van der Waals surface area contributed by atoms with E-state index in [2.05, 4.69) is 15.8 Å². The molecule has 226 valence electrons. The van der Waals surface area contributed by atoms with Gasteiger partial charge in [0.2, 0.25) is 5.91 Å². The molecule has 11 nitrogen and oxygen atoms in total. The summed E-state index contributed by atoms with van der Waals surface area (Å²) >= 11 is 6.18. The number of nitrogens with one attached hydrogen (secondary N) is 2. The van der Waals surface area contributed by atoms with Gasteiger partial charge in [-0.05, 0) is 54.8 Å². The summed E-state index contributed by atoms with van der Waals surface area (Å²) in [5.41, 5.74) is 6.91. The number of halogens is 3. The third-order valence-electron chi connectivity index (χ3n) is 6.67. The second-order valence-electron chi connectivity index (χ2n) is 9.72. The molecule has 0 aliphatic carbocycles. The lowest BCUT2D eigenvalue weighted by molar-refractivity contribution is -0.131. The second-order valence-corrected chi connectivity index (χ2v) is 10.2. The van der Waals surface area contributed by atoms with Gasteiger partial charge in [0.05, 0.1) is 31.2 Å². The number of benzene rings is 3. The van der Waals surface area contributed by atoms with E-state index < -0.39 is 41.5 Å². The summed E-state index contributed by atoms with van der Waals surface area (Å²) in [4.78, 5) is 44.7. The Morgan fingerprint density at radius 2 is 1.91 bits per heavy atom. The highest BCUT2D eigenvalue weighted by atomic mass is 35.5. The number of anilines is 1. The maximum Gasteiger partial charge on any atom is 0.337 e. The molecule has 0 bridgehead atoms. The molecule has 5 N–H and O–H groups in total. The zero-order chi connectivity index (χ0) is 31.3. The average Bonchev–Trinajstić information content (AvgIpc) is 3.10. The molecule has 0 spiro atoms. The average molecular weight is 616 g/mol. The fourth-order valence-corrected chi connectivity index (χ4v) is 4.67. The van der Waals surface area contributed by atoms with E-state index >= 15 is 0 Å². The number of methoxy groups -OCH3 is 1. The highest BCUT2D eigenvalue weighted by Gasteiger charge is 2.35. The molecule has 3 amide bonds. The molecule has 0 saturated carbocycles. The zero-order valence-corrected chi connectivity index (χ0v) is 23.8. The van der Waals surface area contributed by atoms with Crippen molar-refractivity contribution in [2.75, 3.05) is 25.9 Å². The van der Waals surface area contributed by atoms with Crippen LogP contribution in [0.4, 0.5) is 19.3 Å². The predicted octanol–water partition coefficient (Wildman–Crippen LogP) is 4.36. The van der Waals surface area contributed by atoms with Crippen LogP contribution in [-0.4, -0.2) is 53.9 Å². The van der Waals surface area contributed by atoms with Gasteiger partial charge in [-0.25, -0.2) is 18.4 Å². The topological polar surface area (TPSA) is 156 Å². The van der Waals surface area contributed by atoms with Crippen LogP contribution in [0.2, 0.25) is 5.02 Å². The first-order valence-corrected chi connectivity index (χ1v) is 13.3. The van der Waals surface area contributed by atoms with Crippen LogP contribution in [0.15, 0.2) is 59.8 Å². The normalized spacial score (nSPS) is 16.7. The lowest BCUT2D eigenvalue weighted by Crippen LogP contribution is -2.48. The third-order valence-corrected chi connectivity index (χ3v) is 6.91. The molecule has 0 radical (unpaired) electrons. The number of ether oxygens (including phenoxy) is 1. The highest BCUT2D eigenvalue weighted by Crippen LogP contribution is 2.27. The van der Waals surface area contributed by atoms with Crippen LogP contribution >= 0.6 is 11.6 Å². The van der Waals surface area contributed by atoms with Crippen molar-refractivity contribution < 1.29 is 37.8 Å². The van der Waals surface area contributed by atoms with E-state index in [1.165, 1.54) is 25.3 Å². The molecule has 3 aromatic carbocycles. The molecule has 1 heterocycles. The highest BCUT2D eigenvalue weighted by molar-refractivity contribution is 6.30. The largest absolute Gasteiger partial charge is 0.496 e. The molecule has 43 heavy (non-hydrogen) atoms. The number of amidine groups is 1. The number of carbonyl (C=O) groups excluding carboxylic acids is 2. The molecular formula is C29H28ClF2N5O6. The first-order valence-electron chi connectivity index (χ1n) is 13.0. The fraction of sp³-hybridized carbons (Fsp3) is 0.241. The summed E-state index contributed by atoms with van der Waals surface area (Å²) < 4.78 is 32.7. The minimum atomic E-state index is -1.19. The van der Waals surface area contributed by atoms with Crippen LogP contribution in [-0.2, 0) is 11.2 Å². The molecule has 1 aliphatic heterocycles. The van der Waals surface area contributed by atoms with Crippen molar-refractivity contribution in [3.05, 3.63) is 87.9 Å². The Morgan fingerprint density at radius 1 is 1.19 bits per heavy atom. The lowest BCUT2D eigenvalue weighted by Gasteiger charge is -2.25. The number of nitrogen functional groups attached to an aromatic ring is 1. The van der Waals surface area contributed by atoms with Gasteiger partial charge in [-0.3, -0.25) is 9.69 Å². The summed E-state index contributed by atoms with van der Waals surface area (Å²) in [6.45, 7) is 1.30. The van der Waals surface area contributed by atoms with Gasteiger partial charge in [-0.15, -0.1) is 0 Å². The number of urea groups is 1. The molecule has 14 heteroatoms. The number of hydrogen-bond donors (Lipinski definition) is 4. The number of nitrogens with zero attached hydrogens (tertiary/aromatic N) is 2. The van der Waals surface area contributed by atoms with Gasteiger partial charge in [-0.1, -0.05) is 22.8 Å². The maximum atomic E-state index is 13.7. The van der Waals surface area contributed by atoms with E-state index in [-0.39, 0.29) is 42.3 Å². The van der Waals surface area contributed by atoms with E-state index in [9.17, 15) is 28.3 Å². The third kappa shape index (κ3) is 7.68. The molecule has 1 fully saturated rings. The van der Waals surface area contributed by atoms with Crippen LogP contribution in [0.3, 0.4) is 0 Å². The summed E-state index contributed by atoms with van der Waals surface area (Å²) in [5.74, 6) is -3.98. The van der Waals surface area contributed by atoms with Crippen molar-refractivity contribution in [2.45, 2.75) is 19.4 Å². The zero-order valence-electron chi connectivity index (χ0n) is 23.1. The van der Waals surface area contributed by atoms with Crippen molar-refractivity contribution in [1.82, 2.24) is 15.5 Å². The number of oxime groups is 1. The van der Waals surface area contributed by atoms with Gasteiger partial charge in [0.25, 0.3) is 0 Å². The number of carboxylic acid groups (broad SMARTS) is 1. The van der Waals surface area contributed by atoms with E-state index in [0.717, 1.165) is 17.0 Å². The second kappa shape index (κ2) is 13.4. The SMILES string of the molecule is COc1ccc(Cl)cc1C[C@@H]1CNC(=NOc2cc(F)cc(F)c2)CN(C(=O)N[C@H](C)c2ccc(C(=O)O)c(N)c2)C1=O. The first-order chi connectivity index (χ1) is 20.4. The summed E-state index contributed by atoms with van der Waals surface area (Å²) in [6.07, 6.45) is 0.144. The number of carbonyl (C=O) groups is 3. The fourth-order valence-electron chi connectivity index (χ4n) is 4.48. The molecule has 2 atom stereocenters. The van der Waals surface area contributed by atoms with E-state index in [1.807, 2.05) is 0 Å². The van der Waals surface area contributed by atoms with Gasteiger partial charge >= 0.3 is 12.0 Å². The Hall–Kier alpha value is -4.91. The Labute approximate surface area is 250 Å². The molecule has 1 saturated heterocycles. The number of rotatable bonds is 8. The Morgan fingerprint density at radius 3 is 2.56 bits per heavy atom. The van der Waals surface area contributed by atoms with E-state index in [4.69, 9.17) is 26.9 Å². The summed E-state index contributed by atoms with van der Waals surface area (Å²) in [5, 5.41) is 19.3. The van der Waals surface area contributed by atoms with Gasteiger partial charge in [0.1, 0.15) is 17.4 Å². The first kappa shape index (κ1) is 31.0. The minimum Gasteiger partial charge on any atom is -0.496 e. The van der Waals surface area contributed by atoms with E-state index in [0.29, 0.717) is 28.0 Å². The van der Waals surface area contributed by atoms with Crippen LogP contribution in [0.5, 0.6) is 11.5 Å². The van der Waals surface area contributed by atoms with Crippen molar-refractivity contribution in [3.8, 4) is 11.5 Å². The predicted molar refractivity (Wildman–Crippen MR) is 154 cm³/mol. The molecular weight excluding hydrogens is 588 g/mol. The Kier molecular flexibility index (Phi) is 9.66. The monoisotopic (exact) mass is 615 g/mol. The molecule has 3 aromatic rings. The molecule has 4 rings (SSSR count). The van der Waals surface area contributed by atoms with Crippen molar-refractivity contribution in [3.63, 3.8) is 0 Å². The van der Waals surface area contributed by atoms with Crippen molar-refractivity contribution in [1.29, 1.82) is 0 Å². The summed E-state index contributed by atoms with van der Waals surface area (Å²) in [7, 11) is 1.48. The number of nitrogens with two attached hydrogens (primary N) is 1. The number of aromatic carboxylic acids is 1. The minimum absolute atomic E-state index is 0.0111. The van der Waals surface area contributed by atoms with Crippen LogP contribution < -0.4 is 25.9 Å². The number of amides is 3. The van der Waals surface area contributed by atoms with Crippen LogP contribution in [0.25, 0.3) is 0 Å². The van der Waals surface area contributed by atoms with Crippen molar-refractivity contribution >= 4 is 41.0 Å². The van der Waals surface area contributed by atoms with E-state index in [1.54, 1.807) is 25.1 Å². The maximum absolute atomic E-state index is 13.7. The smallest absolute Gasteiger partial charge is 0.337 e. The number of hydrogen-bond acceptors (Lipinski definition) is 7. The Bertz CT molecular complexity index is 1570. The quantitative estimate of drug-likeness (QED) is 0.215. The molecule has 0 unspecified atom stereocenters. The van der Waals surface area contributed by atoms with Gasteiger partial charge < -0.3 is 31.0 Å². The molecule has 0 aromatic heterocycles. The van der Waals surface area contributed by atoms with Crippen LogP contribution in [0.1, 0.15) is 34.5 Å². The standard InChI is InChI=1S/C29H28ClF2N5O6/c1-15(16-3-5-23(28(39)40)24(33)9-16)35-29(41)37-14-26(36-43-22-11-20(31)10-21(32)12-22)34-13-18(27(37)38)7-17-8-19(30)4-6-25(17)42-2/h3-6,8-12,15,18H,7,13-14,33H2,1-2H3,(H,34,36)(H,35,41)(H,39,40)/t15-,18-/m1/s1. The number of imide groups is 1. The molecule has 1 aliphatic rings. The van der Waals surface area contributed by atoms with Gasteiger partial charge in [0.15, 0.2) is 11.6 Å². The summed E-state index contributed by atoms with van der Waals surface area (Å²) in [6, 6.07) is 10.3. The number of carboxylic acids is 1.